The Morgan fingerprint density at radius 3 is 0.653 bits per heavy atom. The molecule has 510 valence electrons. The summed E-state index contributed by atoms with van der Waals surface area (Å²) in [6, 6.07) is 8.12. The van der Waals surface area contributed by atoms with Crippen molar-refractivity contribution in [3.8, 4) is 161 Å². The minimum absolute atomic E-state index is 0.318. The van der Waals surface area contributed by atoms with Crippen LogP contribution in [0.4, 0.5) is 0 Å². The minimum Gasteiger partial charge on any atom is -0.449 e. The number of fused-ring (bicyclic) bond motifs is 4. The molecule has 2 aliphatic heterocycles. The molecule has 98 heavy (non-hydrogen) atoms. The van der Waals surface area contributed by atoms with Crippen molar-refractivity contribution in [2.24, 2.45) is 0 Å². The van der Waals surface area contributed by atoms with Crippen LogP contribution in [0.5, 0.6) is 149 Å². The van der Waals surface area contributed by atoms with Gasteiger partial charge in [0.25, 0.3) is 0 Å². The zero-order valence-corrected chi connectivity index (χ0v) is 53.5. The Balaban J connectivity index is 1.61. The number of hydrogen-bond acceptors (Lipinski definition) is 34. The first-order valence-electron chi connectivity index (χ1n) is 27.9. The molecule has 0 aromatic heterocycles. The summed E-state index contributed by atoms with van der Waals surface area (Å²) in [5.41, 5.74) is -2.03. The molecule has 2 heterocycles. The van der Waals surface area contributed by atoms with Crippen molar-refractivity contribution in [1.29, 1.82) is 0 Å². The number of esters is 14. The van der Waals surface area contributed by atoms with E-state index in [1.165, 1.54) is 0 Å². The molecule has 0 bridgehead atoms. The van der Waals surface area contributed by atoms with E-state index in [0.717, 1.165) is 145 Å². The van der Waals surface area contributed by atoms with Crippen LogP contribution in [0.3, 0.4) is 0 Å². The van der Waals surface area contributed by atoms with E-state index in [0.29, 0.717) is 0 Å². The Labute approximate surface area is 549 Å². The molecule has 0 aliphatic carbocycles. The molecule has 0 saturated carbocycles. The van der Waals surface area contributed by atoms with E-state index in [-0.39, 0.29) is 23.0 Å². The van der Waals surface area contributed by atoms with Crippen LogP contribution in [-0.4, -0.2) is 83.6 Å². The number of carbonyl (C=O) groups is 14. The number of rotatable bonds is 19. The maximum atomic E-state index is 13.8. The topological polar surface area (TPSA) is 424 Å². The van der Waals surface area contributed by atoms with E-state index in [4.69, 9.17) is 94.7 Å². The molecule has 6 aromatic rings. The highest BCUT2D eigenvalue weighted by Gasteiger charge is 2.47. The number of carbonyl (C=O) groups excluding carboxylic acids is 14. The van der Waals surface area contributed by atoms with Gasteiger partial charge in [-0.25, -0.2) is 0 Å². The SMILES string of the molecule is CC(=O)Oc1cc(OC(C)=O)cc(Oc2c(OC(C)=O)cc(OC(C)=O)c3c2Oc2c(OC(C)=O)c(OC(C)=O)c(OC(C)=O)c(-c4c(OC(C)=O)c(OC(C)=O)c(OC(C)=O)c5c4Oc4c(OC(C)=O)cc(OC(C)=O)c(Oc6cc(OC(C)=O)cc(OC(C)=O)c6)c4O5)c2O3)c1. The average molecular weight is 1360 g/mol. The summed E-state index contributed by atoms with van der Waals surface area (Å²) >= 11 is 0. The van der Waals surface area contributed by atoms with Crippen LogP contribution < -0.4 is 94.7 Å². The van der Waals surface area contributed by atoms with Gasteiger partial charge in [-0.05, 0) is 0 Å². The lowest BCUT2D eigenvalue weighted by atomic mass is 9.96. The summed E-state index contributed by atoms with van der Waals surface area (Å²) in [4.78, 5) is 183. The van der Waals surface area contributed by atoms with Gasteiger partial charge < -0.3 is 94.7 Å². The van der Waals surface area contributed by atoms with Crippen LogP contribution in [0.15, 0.2) is 48.5 Å². The number of hydrogen-bond donors (Lipinski definition) is 0. The Kier molecular flexibility index (Phi) is 20.8. The maximum Gasteiger partial charge on any atom is 0.308 e. The fourth-order valence-electron chi connectivity index (χ4n) is 8.94. The van der Waals surface area contributed by atoms with Gasteiger partial charge in [0, 0.05) is 145 Å². The van der Waals surface area contributed by atoms with Crippen molar-refractivity contribution < 1.29 is 162 Å². The fraction of sp³-hybridized carbons (Fsp3) is 0.219. The summed E-state index contributed by atoms with van der Waals surface area (Å²) in [5, 5.41) is 0. The molecule has 0 amide bonds. The maximum absolute atomic E-state index is 13.8. The van der Waals surface area contributed by atoms with Gasteiger partial charge >= 0.3 is 83.6 Å². The average Bonchev–Trinajstić information content (AvgIpc) is 0.707. The molecule has 6 aromatic carbocycles. The molecule has 34 nitrogen and oxygen atoms in total. The predicted molar refractivity (Wildman–Crippen MR) is 316 cm³/mol. The molecule has 0 unspecified atom stereocenters. The highest BCUT2D eigenvalue weighted by Crippen LogP contribution is 2.72. The van der Waals surface area contributed by atoms with Crippen LogP contribution in [-0.2, 0) is 67.1 Å². The van der Waals surface area contributed by atoms with Crippen LogP contribution in [0.2, 0.25) is 0 Å². The van der Waals surface area contributed by atoms with Gasteiger partial charge in [0.05, 0.1) is 11.1 Å². The van der Waals surface area contributed by atoms with Crippen molar-refractivity contribution in [2.45, 2.75) is 96.9 Å². The molecule has 34 heteroatoms. The molecule has 8 rings (SSSR count). The lowest BCUT2D eigenvalue weighted by molar-refractivity contribution is -0.135. The van der Waals surface area contributed by atoms with E-state index in [1.807, 2.05) is 0 Å². The second-order valence-electron chi connectivity index (χ2n) is 20.0. The van der Waals surface area contributed by atoms with Crippen LogP contribution in [0.1, 0.15) is 96.9 Å². The highest BCUT2D eigenvalue weighted by atomic mass is 16.7. The van der Waals surface area contributed by atoms with Gasteiger partial charge in [0.1, 0.15) is 34.5 Å². The Hall–Kier alpha value is -13.3. The fourth-order valence-corrected chi connectivity index (χ4v) is 8.94. The second kappa shape index (κ2) is 28.9. The summed E-state index contributed by atoms with van der Waals surface area (Å²) in [5.74, 6) is -36.8. The van der Waals surface area contributed by atoms with E-state index in [9.17, 15) is 67.1 Å². The standard InChI is InChI=1S/C64H50O34/c1-23(65)79-37-15-38(80-24(2)66)18-41(17-37)93-49-43(83-27(5)69)21-45(85-29(7)71)51-57(49)97-61-55(95-51)47(53(87-31(9)73)59(89-33(11)75)63(61)91-35(13)77)48-54(88-32(10)74)60(90-34(12)76)64(92-36(14)78)62-56(48)96-52-46(86-30(8)72)22-44(84-28(6)70)50(58(52)98-62)94-42-19-39(81-25(3)67)16-40(20-42)82-26(4)68/h15-22H,1-14H3. The third kappa shape index (κ3) is 16.5. The number of benzene rings is 6. The van der Waals surface area contributed by atoms with Gasteiger partial charge in [0.15, 0.2) is 46.0 Å². The van der Waals surface area contributed by atoms with Gasteiger partial charge in [0.2, 0.25) is 69.0 Å². The lowest BCUT2D eigenvalue weighted by Crippen LogP contribution is -2.17. The highest BCUT2D eigenvalue weighted by molar-refractivity contribution is 6.02. The minimum atomic E-state index is -1.34. The van der Waals surface area contributed by atoms with E-state index < -0.39 is 221 Å². The van der Waals surface area contributed by atoms with E-state index in [2.05, 4.69) is 0 Å². The zero-order chi connectivity index (χ0) is 72.0. The third-order valence-corrected chi connectivity index (χ3v) is 11.6. The van der Waals surface area contributed by atoms with Gasteiger partial charge in [-0.1, -0.05) is 0 Å². The number of ether oxygens (including phenoxy) is 20. The normalized spacial score (nSPS) is 11.0. The first-order valence-corrected chi connectivity index (χ1v) is 27.9. The Morgan fingerprint density at radius 2 is 0.398 bits per heavy atom. The van der Waals surface area contributed by atoms with Gasteiger partial charge in [-0.2, -0.15) is 0 Å². The Bertz CT molecular complexity index is 4160. The van der Waals surface area contributed by atoms with Gasteiger partial charge in [-0.15, -0.1) is 0 Å². The third-order valence-electron chi connectivity index (χ3n) is 11.6. The summed E-state index contributed by atoms with van der Waals surface area (Å²) < 4.78 is 117. The monoisotopic (exact) mass is 1360 g/mol. The van der Waals surface area contributed by atoms with Crippen molar-refractivity contribution in [1.82, 2.24) is 0 Å². The molecular weight excluding hydrogens is 1310 g/mol. The predicted octanol–water partition coefficient (Wildman–Crippen LogP) is 9.69. The largest absolute Gasteiger partial charge is 0.449 e. The smallest absolute Gasteiger partial charge is 0.308 e. The van der Waals surface area contributed by atoms with Crippen LogP contribution in [0.25, 0.3) is 11.1 Å². The quantitative estimate of drug-likeness (QED) is 0.0536. The molecule has 0 N–H and O–H groups in total. The molecule has 0 spiro atoms. The lowest BCUT2D eigenvalue weighted by Gasteiger charge is -2.32. The van der Waals surface area contributed by atoms with Crippen molar-refractivity contribution in [3.05, 3.63) is 48.5 Å². The van der Waals surface area contributed by atoms with Crippen molar-refractivity contribution in [3.63, 3.8) is 0 Å². The van der Waals surface area contributed by atoms with E-state index in [1.54, 1.807) is 0 Å². The van der Waals surface area contributed by atoms with Crippen LogP contribution in [0, 0.1) is 0 Å². The molecular formula is C64H50O34. The molecule has 0 atom stereocenters. The molecule has 0 fully saturated rings. The van der Waals surface area contributed by atoms with Crippen molar-refractivity contribution in [2.75, 3.05) is 0 Å². The summed E-state index contributed by atoms with van der Waals surface area (Å²) in [7, 11) is 0. The molecule has 0 radical (unpaired) electrons. The first-order chi connectivity index (χ1) is 46.0. The second-order valence-corrected chi connectivity index (χ2v) is 20.0. The van der Waals surface area contributed by atoms with Gasteiger partial charge in [-0.3, -0.25) is 67.1 Å². The summed E-state index contributed by atoms with van der Waals surface area (Å²) in [6.07, 6.45) is 0. The first kappa shape index (κ1) is 70.6. The van der Waals surface area contributed by atoms with Crippen LogP contribution >= 0.6 is 0 Å². The van der Waals surface area contributed by atoms with E-state index >= 15 is 0 Å². The summed E-state index contributed by atoms with van der Waals surface area (Å²) in [6.45, 7) is 12.6. The molecule has 0 saturated heterocycles. The van der Waals surface area contributed by atoms with Crippen molar-refractivity contribution >= 4 is 83.6 Å². The Morgan fingerprint density at radius 1 is 0.194 bits per heavy atom. The zero-order valence-electron chi connectivity index (χ0n) is 53.5. The molecule has 2 aliphatic rings.